The van der Waals surface area contributed by atoms with Crippen LogP contribution in [-0.4, -0.2) is 11.7 Å². The first-order chi connectivity index (χ1) is 8.90. The van der Waals surface area contributed by atoms with Crippen molar-refractivity contribution in [3.05, 3.63) is 22.7 Å². The lowest BCUT2D eigenvalue weighted by Gasteiger charge is -2.20. The average molecular weight is 311 g/mol. The molecule has 1 aromatic rings. The fraction of sp³-hybridized carbons (Fsp3) is 0.417. The summed E-state index contributed by atoms with van der Waals surface area (Å²) in [7, 11) is 0. The lowest BCUT2D eigenvalue weighted by atomic mass is 10.1. The van der Waals surface area contributed by atoms with Crippen LogP contribution < -0.4 is 11.1 Å². The van der Waals surface area contributed by atoms with Crippen molar-refractivity contribution < 1.29 is 22.7 Å². The Hall–Kier alpha value is -1.63. The summed E-state index contributed by atoms with van der Waals surface area (Å²) in [6, 6.07) is 1.39. The van der Waals surface area contributed by atoms with Crippen LogP contribution in [0.2, 0.25) is 5.02 Å². The summed E-state index contributed by atoms with van der Waals surface area (Å²) >= 11 is 5.62. The summed E-state index contributed by atoms with van der Waals surface area (Å²) in [6.45, 7) is 4.86. The number of hydrogen-bond donors (Lipinski definition) is 2. The van der Waals surface area contributed by atoms with Crippen LogP contribution in [-0.2, 0) is 10.9 Å². The molecule has 0 unspecified atom stereocenters. The Bertz CT molecular complexity index is 525. The maximum atomic E-state index is 12.6. The number of benzene rings is 1. The summed E-state index contributed by atoms with van der Waals surface area (Å²) < 4.78 is 42.9. The topological polar surface area (TPSA) is 64.3 Å². The minimum Gasteiger partial charge on any atom is -0.444 e. The van der Waals surface area contributed by atoms with Gasteiger partial charge in [-0.1, -0.05) is 11.6 Å². The van der Waals surface area contributed by atoms with Crippen LogP contribution in [0.1, 0.15) is 26.3 Å². The number of halogens is 4. The van der Waals surface area contributed by atoms with Crippen molar-refractivity contribution >= 4 is 29.1 Å². The van der Waals surface area contributed by atoms with Gasteiger partial charge in [0, 0.05) is 0 Å². The summed E-state index contributed by atoms with van der Waals surface area (Å²) in [5.41, 5.74) is 3.33. The third kappa shape index (κ3) is 4.48. The Morgan fingerprint density at radius 2 is 1.85 bits per heavy atom. The molecule has 20 heavy (non-hydrogen) atoms. The Kier molecular flexibility index (Phi) is 4.43. The van der Waals surface area contributed by atoms with Gasteiger partial charge in [-0.15, -0.1) is 0 Å². The second kappa shape index (κ2) is 5.40. The first-order valence-electron chi connectivity index (χ1n) is 5.56. The van der Waals surface area contributed by atoms with Crippen LogP contribution in [0.5, 0.6) is 0 Å². The van der Waals surface area contributed by atoms with Gasteiger partial charge in [-0.2, -0.15) is 13.2 Å². The first-order valence-corrected chi connectivity index (χ1v) is 5.94. The van der Waals surface area contributed by atoms with Crippen molar-refractivity contribution in [2.45, 2.75) is 32.5 Å². The highest BCUT2D eigenvalue weighted by molar-refractivity contribution is 6.34. The summed E-state index contributed by atoms with van der Waals surface area (Å²) in [4.78, 5) is 11.5. The Morgan fingerprint density at radius 1 is 1.30 bits per heavy atom. The van der Waals surface area contributed by atoms with E-state index in [0.717, 1.165) is 0 Å². The monoisotopic (exact) mass is 310 g/mol. The maximum Gasteiger partial charge on any atom is 0.416 e. The number of carbonyl (C=O) groups excluding carboxylic acids is 1. The molecule has 0 heterocycles. The summed E-state index contributed by atoms with van der Waals surface area (Å²) in [5, 5.41) is 1.85. The zero-order valence-electron chi connectivity index (χ0n) is 11.1. The van der Waals surface area contributed by atoms with Gasteiger partial charge in [-0.25, -0.2) is 4.79 Å². The molecule has 0 bridgehead atoms. The molecule has 112 valence electrons. The van der Waals surface area contributed by atoms with Gasteiger partial charge in [0.25, 0.3) is 0 Å². The van der Waals surface area contributed by atoms with Crippen molar-refractivity contribution in [1.82, 2.24) is 0 Å². The highest BCUT2D eigenvalue weighted by Gasteiger charge is 2.32. The van der Waals surface area contributed by atoms with Crippen LogP contribution in [0.3, 0.4) is 0 Å². The lowest BCUT2D eigenvalue weighted by molar-refractivity contribution is -0.137. The number of ether oxygens (including phenoxy) is 1. The van der Waals surface area contributed by atoms with Gasteiger partial charge < -0.3 is 10.5 Å². The summed E-state index contributed by atoms with van der Waals surface area (Å²) in [6.07, 6.45) is -5.51. The van der Waals surface area contributed by atoms with Crippen LogP contribution >= 0.6 is 11.6 Å². The van der Waals surface area contributed by atoms with Gasteiger partial charge >= 0.3 is 12.3 Å². The molecule has 0 saturated carbocycles. The third-order valence-electron chi connectivity index (χ3n) is 2.09. The predicted molar refractivity (Wildman–Crippen MR) is 70.7 cm³/mol. The molecule has 8 heteroatoms. The molecular formula is C12H14ClF3N2O2. The van der Waals surface area contributed by atoms with Crippen molar-refractivity contribution in [3.63, 3.8) is 0 Å². The molecule has 4 nitrogen and oxygen atoms in total. The largest absolute Gasteiger partial charge is 0.444 e. The van der Waals surface area contributed by atoms with Gasteiger partial charge in [0.2, 0.25) is 0 Å². The SMILES string of the molecule is CC(C)(C)OC(=O)Nc1cc(C(F)(F)F)cc(Cl)c1N. The summed E-state index contributed by atoms with van der Waals surface area (Å²) in [5.74, 6) is 0. The minimum atomic E-state index is -4.60. The molecule has 0 spiro atoms. The van der Waals surface area contributed by atoms with E-state index in [2.05, 4.69) is 5.32 Å². The van der Waals surface area contributed by atoms with E-state index in [0.29, 0.717) is 12.1 Å². The van der Waals surface area contributed by atoms with Gasteiger partial charge in [0.1, 0.15) is 5.60 Å². The third-order valence-corrected chi connectivity index (χ3v) is 2.41. The smallest absolute Gasteiger partial charge is 0.416 e. The zero-order valence-corrected chi connectivity index (χ0v) is 11.8. The Labute approximate surface area is 119 Å². The van der Waals surface area contributed by atoms with E-state index in [9.17, 15) is 18.0 Å². The second-order valence-corrected chi connectivity index (χ2v) is 5.45. The molecule has 1 amide bonds. The fourth-order valence-corrected chi connectivity index (χ4v) is 1.52. The Balaban J connectivity index is 3.06. The van der Waals surface area contributed by atoms with Gasteiger partial charge in [0.05, 0.1) is 22.0 Å². The van der Waals surface area contributed by atoms with E-state index in [1.807, 2.05) is 0 Å². The number of anilines is 2. The number of nitrogens with one attached hydrogen (secondary N) is 1. The second-order valence-electron chi connectivity index (χ2n) is 5.04. The number of rotatable bonds is 1. The quantitative estimate of drug-likeness (QED) is 0.761. The number of nitrogen functional groups attached to an aromatic ring is 1. The van der Waals surface area contributed by atoms with Crippen molar-refractivity contribution in [3.8, 4) is 0 Å². The zero-order chi connectivity index (χ0) is 15.7. The molecule has 0 saturated heterocycles. The first kappa shape index (κ1) is 16.4. The van der Waals surface area contributed by atoms with Crippen molar-refractivity contribution in [1.29, 1.82) is 0 Å². The standard InChI is InChI=1S/C12H14ClF3N2O2/c1-11(2,3)20-10(19)18-8-5-6(12(14,15)16)4-7(13)9(8)17/h4-5H,17H2,1-3H3,(H,18,19). The molecule has 0 radical (unpaired) electrons. The van der Waals surface area contributed by atoms with Crippen LogP contribution in [0.4, 0.5) is 29.3 Å². The maximum absolute atomic E-state index is 12.6. The van der Waals surface area contributed by atoms with E-state index < -0.39 is 23.4 Å². The molecule has 3 N–H and O–H groups in total. The highest BCUT2D eigenvalue weighted by Crippen LogP contribution is 2.37. The number of hydrogen-bond acceptors (Lipinski definition) is 3. The predicted octanol–water partition coefficient (Wildman–Crippen LogP) is 4.29. The molecule has 0 aliphatic heterocycles. The molecule has 1 aromatic carbocycles. The van der Waals surface area contributed by atoms with E-state index in [1.165, 1.54) is 0 Å². The lowest BCUT2D eigenvalue weighted by Crippen LogP contribution is -2.27. The molecular weight excluding hydrogens is 297 g/mol. The Morgan fingerprint density at radius 3 is 2.30 bits per heavy atom. The number of nitrogens with two attached hydrogens (primary N) is 1. The minimum absolute atomic E-state index is 0.162. The van der Waals surface area contributed by atoms with E-state index >= 15 is 0 Å². The average Bonchev–Trinajstić information content (AvgIpc) is 2.20. The fourth-order valence-electron chi connectivity index (χ4n) is 1.30. The molecule has 0 aliphatic rings. The van der Waals surface area contributed by atoms with Gasteiger partial charge in [-0.05, 0) is 32.9 Å². The van der Waals surface area contributed by atoms with Crippen molar-refractivity contribution in [2.24, 2.45) is 0 Å². The molecule has 0 atom stereocenters. The van der Waals surface area contributed by atoms with Crippen LogP contribution in [0, 0.1) is 0 Å². The molecule has 0 fully saturated rings. The number of amides is 1. The van der Waals surface area contributed by atoms with E-state index in [4.69, 9.17) is 22.1 Å². The molecule has 0 aromatic heterocycles. The van der Waals surface area contributed by atoms with Gasteiger partial charge in [0.15, 0.2) is 0 Å². The molecule has 1 rings (SSSR count). The van der Waals surface area contributed by atoms with E-state index in [1.54, 1.807) is 20.8 Å². The van der Waals surface area contributed by atoms with Gasteiger partial charge in [-0.3, -0.25) is 5.32 Å². The number of alkyl halides is 3. The van der Waals surface area contributed by atoms with E-state index in [-0.39, 0.29) is 16.4 Å². The van der Waals surface area contributed by atoms with Crippen LogP contribution in [0.15, 0.2) is 12.1 Å². The van der Waals surface area contributed by atoms with Crippen LogP contribution in [0.25, 0.3) is 0 Å². The normalized spacial score (nSPS) is 12.2. The number of carbonyl (C=O) groups is 1. The highest BCUT2D eigenvalue weighted by atomic mass is 35.5. The molecule has 0 aliphatic carbocycles. The van der Waals surface area contributed by atoms with Crippen molar-refractivity contribution in [2.75, 3.05) is 11.1 Å².